The van der Waals surface area contributed by atoms with Crippen molar-refractivity contribution in [3.05, 3.63) is 46.2 Å². The smallest absolute Gasteiger partial charge is 0.255 e. The number of carbonyl (C=O) groups is 3. The first-order valence-corrected chi connectivity index (χ1v) is 10.0. The molecule has 170 valence electrons. The van der Waals surface area contributed by atoms with Crippen LogP contribution in [-0.2, 0) is 14.4 Å². The van der Waals surface area contributed by atoms with E-state index in [9.17, 15) is 39.9 Å². The highest BCUT2D eigenvalue weighted by Crippen LogP contribution is 2.55. The second kappa shape index (κ2) is 6.89. The number of hydrogen-bond acceptors (Lipinski definition) is 9. The Morgan fingerprint density at radius 1 is 1.16 bits per heavy atom. The monoisotopic (exact) mass is 444 g/mol. The van der Waals surface area contributed by atoms with Crippen LogP contribution in [0.25, 0.3) is 5.76 Å². The summed E-state index contributed by atoms with van der Waals surface area (Å²) in [4.78, 5) is 40.0. The Hall–Kier alpha value is -3.21. The molecule has 3 aliphatic rings. The molecule has 0 radical (unpaired) electrons. The highest BCUT2D eigenvalue weighted by atomic mass is 16.4. The minimum absolute atomic E-state index is 0.0245. The predicted octanol–water partition coefficient (Wildman–Crippen LogP) is -0.504. The third kappa shape index (κ3) is 2.48. The number of fused-ring (bicyclic) bond motifs is 3. The number of rotatable bonds is 2. The lowest BCUT2D eigenvalue weighted by Gasteiger charge is -2.53. The molecule has 32 heavy (non-hydrogen) atoms. The first-order valence-electron chi connectivity index (χ1n) is 10.0. The Morgan fingerprint density at radius 2 is 1.78 bits per heavy atom. The van der Waals surface area contributed by atoms with Crippen molar-refractivity contribution in [3.63, 3.8) is 0 Å². The molecular weight excluding hydrogens is 420 g/mol. The molecule has 0 spiro atoms. The number of aromatic hydroxyl groups is 1. The molecule has 1 amide bonds. The van der Waals surface area contributed by atoms with Crippen LogP contribution < -0.4 is 5.73 Å². The SMILES string of the molecule is CC1c2cccc(O)c2C(O)=C2C(=O)[C@@]3(O)C(O)=C(C(N)=O)C(=O)C(N(C)C)[C@H]3C(O)[C@H]21. The number of nitrogens with zero attached hydrogens (tertiary/aromatic N) is 1. The molecule has 0 aromatic heterocycles. The minimum atomic E-state index is -2.89. The summed E-state index contributed by atoms with van der Waals surface area (Å²) in [5, 5.41) is 54.9. The molecule has 0 bridgehead atoms. The summed E-state index contributed by atoms with van der Waals surface area (Å²) < 4.78 is 0. The Labute approximate surface area is 182 Å². The van der Waals surface area contributed by atoms with Gasteiger partial charge in [-0.05, 0) is 31.6 Å². The maximum absolute atomic E-state index is 13.7. The molecule has 10 nitrogen and oxygen atoms in total. The molecule has 3 unspecified atom stereocenters. The van der Waals surface area contributed by atoms with E-state index in [1.165, 1.54) is 25.1 Å². The average Bonchev–Trinajstić information content (AvgIpc) is 2.70. The van der Waals surface area contributed by atoms with Gasteiger partial charge in [0.15, 0.2) is 11.4 Å². The highest BCUT2D eigenvalue weighted by molar-refractivity contribution is 6.24. The van der Waals surface area contributed by atoms with Crippen LogP contribution in [0.15, 0.2) is 35.1 Å². The molecular formula is C22H24N2O8. The number of aliphatic hydroxyl groups excluding tert-OH is 3. The van der Waals surface area contributed by atoms with Crippen molar-refractivity contribution in [2.24, 2.45) is 17.6 Å². The van der Waals surface area contributed by atoms with Gasteiger partial charge in [0.05, 0.1) is 23.6 Å². The quantitative estimate of drug-likeness (QED) is 0.327. The fourth-order valence-corrected chi connectivity index (χ4v) is 5.58. The van der Waals surface area contributed by atoms with Crippen LogP contribution in [-0.4, -0.2) is 79.7 Å². The molecule has 10 heteroatoms. The Kier molecular flexibility index (Phi) is 4.74. The molecule has 0 saturated heterocycles. The fourth-order valence-electron chi connectivity index (χ4n) is 5.58. The van der Waals surface area contributed by atoms with Gasteiger partial charge in [-0.25, -0.2) is 0 Å². The van der Waals surface area contributed by atoms with Crippen molar-refractivity contribution < 1.29 is 39.9 Å². The van der Waals surface area contributed by atoms with Gasteiger partial charge in [0, 0.05) is 11.5 Å². The number of likely N-dealkylation sites (N-methyl/N-ethyl adjacent to an activating group) is 1. The van der Waals surface area contributed by atoms with E-state index in [1.807, 2.05) is 0 Å². The maximum atomic E-state index is 13.7. The lowest BCUT2D eigenvalue weighted by atomic mass is 9.54. The molecule has 0 heterocycles. The number of aliphatic hydroxyl groups is 4. The summed E-state index contributed by atoms with van der Waals surface area (Å²) in [5.41, 5.74) is 1.47. The third-order valence-electron chi connectivity index (χ3n) is 6.99. The summed E-state index contributed by atoms with van der Waals surface area (Å²) in [5.74, 6) is -8.87. The number of carbonyl (C=O) groups excluding carboxylic acids is 3. The van der Waals surface area contributed by atoms with Gasteiger partial charge in [0.1, 0.15) is 22.8 Å². The van der Waals surface area contributed by atoms with Crippen LogP contribution in [0, 0.1) is 11.8 Å². The van der Waals surface area contributed by atoms with Crippen LogP contribution in [0.5, 0.6) is 5.75 Å². The molecule has 3 aliphatic carbocycles. The predicted molar refractivity (Wildman–Crippen MR) is 110 cm³/mol. The number of primary amides is 1. The van der Waals surface area contributed by atoms with Crippen LogP contribution in [0.1, 0.15) is 24.0 Å². The zero-order valence-corrected chi connectivity index (χ0v) is 17.6. The van der Waals surface area contributed by atoms with E-state index in [-0.39, 0.29) is 11.3 Å². The van der Waals surface area contributed by atoms with Gasteiger partial charge in [-0.3, -0.25) is 19.3 Å². The Balaban J connectivity index is 2.07. The lowest BCUT2D eigenvalue weighted by Crippen LogP contribution is -2.70. The molecule has 1 fully saturated rings. The number of amides is 1. The summed E-state index contributed by atoms with van der Waals surface area (Å²) in [7, 11) is 2.92. The number of Topliss-reactive ketones (excluding diaryl/α,β-unsaturated/α-hetero) is 2. The van der Waals surface area contributed by atoms with Crippen molar-refractivity contribution >= 4 is 23.2 Å². The van der Waals surface area contributed by atoms with Crippen LogP contribution in [0.2, 0.25) is 0 Å². The van der Waals surface area contributed by atoms with Gasteiger partial charge in [-0.15, -0.1) is 0 Å². The number of nitrogens with two attached hydrogens (primary N) is 1. The van der Waals surface area contributed by atoms with E-state index in [1.54, 1.807) is 19.1 Å². The largest absolute Gasteiger partial charge is 0.508 e. The lowest BCUT2D eigenvalue weighted by molar-refractivity contribution is -0.169. The van der Waals surface area contributed by atoms with E-state index >= 15 is 0 Å². The third-order valence-corrected chi connectivity index (χ3v) is 6.99. The normalized spacial score (nSPS) is 34.4. The molecule has 0 aliphatic heterocycles. The zero-order valence-electron chi connectivity index (χ0n) is 17.6. The standard InChI is InChI=1S/C22H24N2O8/c1-7-8-5-4-6-9(25)11(8)16(26)12-10(7)17(27)14-15(24(2)3)18(28)13(21(23)31)20(30)22(14,32)19(12)29/h4-7,10,14-15,17,25-27,30,32H,1-3H3,(H2,23,31)/t7?,10-,14-,15?,17?,22+/m0/s1. The minimum Gasteiger partial charge on any atom is -0.508 e. The molecule has 4 rings (SSSR count). The molecule has 1 aromatic rings. The number of ketones is 2. The second-order valence-electron chi connectivity index (χ2n) is 8.79. The fraction of sp³-hybridized carbons (Fsp3) is 0.409. The van der Waals surface area contributed by atoms with Crippen LogP contribution in [0.4, 0.5) is 0 Å². The molecule has 1 saturated carbocycles. The first kappa shape index (κ1) is 22.0. The van der Waals surface area contributed by atoms with Gasteiger partial charge in [-0.2, -0.15) is 0 Å². The number of phenolic OH excluding ortho intramolecular Hbond substituents is 1. The van der Waals surface area contributed by atoms with Crippen molar-refractivity contribution in [1.29, 1.82) is 0 Å². The van der Waals surface area contributed by atoms with Gasteiger partial charge in [0.2, 0.25) is 5.78 Å². The van der Waals surface area contributed by atoms with Crippen LogP contribution in [0.3, 0.4) is 0 Å². The van der Waals surface area contributed by atoms with Crippen molar-refractivity contribution in [2.45, 2.75) is 30.6 Å². The second-order valence-corrected chi connectivity index (χ2v) is 8.79. The molecule has 7 N–H and O–H groups in total. The van der Waals surface area contributed by atoms with Crippen molar-refractivity contribution in [2.75, 3.05) is 14.1 Å². The Morgan fingerprint density at radius 3 is 2.34 bits per heavy atom. The van der Waals surface area contributed by atoms with Crippen LogP contribution >= 0.6 is 0 Å². The van der Waals surface area contributed by atoms with Crippen molar-refractivity contribution in [1.82, 2.24) is 4.90 Å². The maximum Gasteiger partial charge on any atom is 0.255 e. The first-order chi connectivity index (χ1) is 14.9. The van der Waals surface area contributed by atoms with Crippen molar-refractivity contribution in [3.8, 4) is 5.75 Å². The topological polar surface area (TPSA) is 182 Å². The summed E-state index contributed by atoms with van der Waals surface area (Å²) >= 11 is 0. The van der Waals surface area contributed by atoms with E-state index in [4.69, 9.17) is 5.73 Å². The molecule has 6 atom stereocenters. The van der Waals surface area contributed by atoms with Gasteiger partial charge in [0.25, 0.3) is 5.91 Å². The number of benzene rings is 1. The number of hydrogen-bond donors (Lipinski definition) is 6. The zero-order chi connectivity index (χ0) is 23.9. The molecule has 1 aromatic carbocycles. The van der Waals surface area contributed by atoms with Gasteiger partial charge < -0.3 is 31.3 Å². The highest BCUT2D eigenvalue weighted by Gasteiger charge is 2.68. The van der Waals surface area contributed by atoms with Gasteiger partial charge in [-0.1, -0.05) is 19.1 Å². The van der Waals surface area contributed by atoms with Gasteiger partial charge >= 0.3 is 0 Å². The van der Waals surface area contributed by atoms with E-state index in [0.29, 0.717) is 5.56 Å². The average molecular weight is 444 g/mol. The summed E-state index contributed by atoms with van der Waals surface area (Å²) in [6, 6.07) is 3.13. The van der Waals surface area contributed by atoms with E-state index in [0.717, 1.165) is 0 Å². The van der Waals surface area contributed by atoms with E-state index in [2.05, 4.69) is 0 Å². The van der Waals surface area contributed by atoms with E-state index < -0.39 is 75.6 Å². The Bertz CT molecular complexity index is 1140. The summed E-state index contributed by atoms with van der Waals surface area (Å²) in [6.45, 7) is 1.68. The number of phenols is 1. The summed E-state index contributed by atoms with van der Waals surface area (Å²) in [6.07, 6.45) is -1.59.